The highest BCUT2D eigenvalue weighted by atomic mass is 19.1. The Balaban J connectivity index is 1.51. The average Bonchev–Trinajstić information content (AvgIpc) is 3.14. The van der Waals surface area contributed by atoms with Crippen LogP contribution in [-0.4, -0.2) is 145 Å². The Morgan fingerprint density at radius 3 is 2.00 bits per heavy atom. The Hall–Kier alpha value is -3.48. The molecular formula is C25H31B4FN4O15. The first kappa shape index (κ1) is 36.8. The van der Waals surface area contributed by atoms with E-state index in [1.54, 1.807) is 0 Å². The standard InChI is InChI=1S/C25H31B4FN4O15/c26-19(27,32-13-3-1-2-10-15(13)21(29,40)33(16(10)36)18(38)7-6-14(35)31-17(18)37)11-5-4-9(8-12(11)30)20(28,39)34-22(41,42)24(45,46)49-25(47,48)23(34,43)44/h1-5,8,32,38-48H,6-7,26-29H2,(H,31,35,37). The van der Waals surface area contributed by atoms with Gasteiger partial charge in [0, 0.05) is 35.0 Å². The lowest BCUT2D eigenvalue weighted by atomic mass is 9.57. The molecule has 13 N–H and O–H groups in total. The van der Waals surface area contributed by atoms with Crippen molar-refractivity contribution in [1.82, 2.24) is 15.1 Å². The van der Waals surface area contributed by atoms with Gasteiger partial charge in [-0.05, 0) is 29.3 Å². The van der Waals surface area contributed by atoms with E-state index in [-0.39, 0.29) is 28.8 Å². The summed E-state index contributed by atoms with van der Waals surface area (Å²) in [6.45, 7) is 0. The first-order valence-corrected chi connectivity index (χ1v) is 14.5. The fourth-order valence-electron chi connectivity index (χ4n) is 6.51. The molecule has 3 unspecified atom stereocenters. The maximum atomic E-state index is 15.9. The van der Waals surface area contributed by atoms with Gasteiger partial charge >= 0.3 is 23.8 Å². The second-order valence-corrected chi connectivity index (χ2v) is 13.0. The number of rotatable bonds is 6. The predicted octanol–water partition coefficient (Wildman–Crippen LogP) is -9.75. The minimum Gasteiger partial charge on any atom is -0.391 e. The second kappa shape index (κ2) is 10.8. The lowest BCUT2D eigenvalue weighted by Crippen LogP contribution is -2.87. The molecule has 49 heavy (non-hydrogen) atoms. The Kier molecular flexibility index (Phi) is 8.08. The molecule has 3 heterocycles. The fraction of sp³-hybridized carbons (Fsp3) is 0.400. The molecule has 2 fully saturated rings. The number of hydrogen-bond donors (Lipinski definition) is 13. The van der Waals surface area contributed by atoms with Crippen LogP contribution in [0, 0.1) is 5.82 Å². The monoisotopic (exact) mass is 690 g/mol. The topological polar surface area (TPSA) is 314 Å². The van der Waals surface area contributed by atoms with Crippen molar-refractivity contribution in [2.75, 3.05) is 5.32 Å². The van der Waals surface area contributed by atoms with Gasteiger partial charge in [0.1, 0.15) is 32.8 Å². The molecule has 3 aliphatic rings. The number of hydrogen-bond acceptors (Lipinski definition) is 17. The van der Waals surface area contributed by atoms with Crippen LogP contribution in [0.2, 0.25) is 0 Å². The van der Waals surface area contributed by atoms with Crippen molar-refractivity contribution in [1.29, 1.82) is 0 Å². The van der Waals surface area contributed by atoms with Crippen molar-refractivity contribution in [3.63, 3.8) is 0 Å². The molecule has 260 valence electrons. The maximum Gasteiger partial charge on any atom is 0.356 e. The van der Waals surface area contributed by atoms with Gasteiger partial charge in [0.15, 0.2) is 15.7 Å². The van der Waals surface area contributed by atoms with Crippen LogP contribution < -0.4 is 10.6 Å². The Morgan fingerprint density at radius 2 is 1.47 bits per heavy atom. The van der Waals surface area contributed by atoms with Crippen LogP contribution in [0.1, 0.15) is 39.9 Å². The Labute approximate surface area is 278 Å². The highest BCUT2D eigenvalue weighted by molar-refractivity contribution is 6.41. The summed E-state index contributed by atoms with van der Waals surface area (Å²) < 4.78 is 19.7. The van der Waals surface area contributed by atoms with Gasteiger partial charge in [0.05, 0.1) is 0 Å². The Morgan fingerprint density at radius 1 is 0.898 bits per heavy atom. The van der Waals surface area contributed by atoms with Crippen molar-refractivity contribution in [3.8, 4) is 0 Å². The minimum absolute atomic E-state index is 0.0307. The van der Waals surface area contributed by atoms with Crippen LogP contribution in [0.5, 0.6) is 0 Å². The van der Waals surface area contributed by atoms with E-state index in [1.165, 1.54) is 33.9 Å². The normalized spacial score (nSPS) is 28.8. The van der Waals surface area contributed by atoms with Gasteiger partial charge in [-0.2, -0.15) is 4.90 Å². The third-order valence-corrected chi connectivity index (χ3v) is 8.95. The van der Waals surface area contributed by atoms with Gasteiger partial charge in [-0.3, -0.25) is 29.3 Å². The number of nitrogens with zero attached hydrogens (tertiary/aromatic N) is 2. The molecule has 2 saturated heterocycles. The van der Waals surface area contributed by atoms with E-state index in [2.05, 4.69) is 10.1 Å². The summed E-state index contributed by atoms with van der Waals surface area (Å²) in [6, 6.07) is 6.63. The first-order chi connectivity index (χ1) is 22.1. The van der Waals surface area contributed by atoms with Gasteiger partial charge < -0.3 is 61.5 Å². The quantitative estimate of drug-likeness (QED) is 0.0761. The number of piperidine rings is 1. The van der Waals surface area contributed by atoms with Crippen molar-refractivity contribution >= 4 is 54.8 Å². The van der Waals surface area contributed by atoms with Crippen LogP contribution >= 0.6 is 0 Å². The minimum atomic E-state index is -4.40. The van der Waals surface area contributed by atoms with Gasteiger partial charge in [-0.15, -0.1) is 0 Å². The van der Waals surface area contributed by atoms with Gasteiger partial charge in [-0.25, -0.2) is 4.39 Å². The van der Waals surface area contributed by atoms with Crippen LogP contribution in [0.25, 0.3) is 0 Å². The SMILES string of the molecule is BC(B)(Nc1cccc2c1C(B)(O)N(C1(O)CCC(=O)NC1=O)C2=O)c1ccc(C(B)(O)N2C(O)(O)C(O)(O)OC(O)(O)C2(O)O)cc1F. The zero-order valence-electron chi connectivity index (χ0n) is 26.2. The molecule has 0 saturated carbocycles. The number of fused-ring (bicyclic) bond motifs is 1. The summed E-state index contributed by atoms with van der Waals surface area (Å²) in [7, 11) is 4.60. The number of halogens is 1. The lowest BCUT2D eigenvalue weighted by molar-refractivity contribution is -0.668. The first-order valence-electron chi connectivity index (χ1n) is 14.5. The molecule has 0 aliphatic carbocycles. The highest BCUT2D eigenvalue weighted by Crippen LogP contribution is 2.48. The second-order valence-electron chi connectivity index (χ2n) is 13.0. The van der Waals surface area contributed by atoms with Crippen LogP contribution in [0.15, 0.2) is 36.4 Å². The third kappa shape index (κ3) is 5.19. The highest BCUT2D eigenvalue weighted by Gasteiger charge is 2.77. The largest absolute Gasteiger partial charge is 0.391 e. The fourth-order valence-corrected chi connectivity index (χ4v) is 6.51. The number of nitrogens with one attached hydrogen (secondary N) is 2. The predicted molar refractivity (Wildman–Crippen MR) is 165 cm³/mol. The molecule has 3 atom stereocenters. The summed E-state index contributed by atoms with van der Waals surface area (Å²) >= 11 is 0. The maximum absolute atomic E-state index is 15.9. The average molecular weight is 690 g/mol. The van der Waals surface area contributed by atoms with E-state index in [9.17, 15) is 70.6 Å². The Bertz CT molecular complexity index is 1750. The molecule has 0 radical (unpaired) electrons. The van der Waals surface area contributed by atoms with Gasteiger partial charge in [0.25, 0.3) is 11.8 Å². The number of morpholine rings is 1. The molecule has 0 bridgehead atoms. The number of aliphatic hydroxyl groups is 11. The molecule has 19 nitrogen and oxygen atoms in total. The van der Waals surface area contributed by atoms with E-state index < -0.39 is 86.5 Å². The van der Waals surface area contributed by atoms with Crippen molar-refractivity contribution < 1.29 is 79.7 Å². The summed E-state index contributed by atoms with van der Waals surface area (Å²) in [6.07, 6.45) is -0.842. The molecular weight excluding hydrogens is 659 g/mol. The molecule has 2 aromatic carbocycles. The zero-order valence-corrected chi connectivity index (χ0v) is 26.2. The molecule has 0 aromatic heterocycles. The number of carbonyl (C=O) groups is 3. The summed E-state index contributed by atoms with van der Waals surface area (Å²) in [5, 5.41) is 119. The number of benzene rings is 2. The van der Waals surface area contributed by atoms with E-state index in [0.717, 1.165) is 20.0 Å². The molecule has 24 heteroatoms. The molecule has 3 amide bonds. The van der Waals surface area contributed by atoms with Crippen LogP contribution in [-0.2, 0) is 30.9 Å². The number of carbonyl (C=O) groups excluding carboxylic acids is 3. The molecule has 0 spiro atoms. The number of imide groups is 1. The van der Waals surface area contributed by atoms with E-state index in [1.807, 2.05) is 5.32 Å². The number of amides is 3. The van der Waals surface area contributed by atoms with Crippen LogP contribution in [0.3, 0.4) is 0 Å². The van der Waals surface area contributed by atoms with E-state index in [4.69, 9.17) is 0 Å². The van der Waals surface area contributed by atoms with E-state index >= 15 is 4.39 Å². The number of ether oxygens (including phenoxy) is 1. The lowest BCUT2D eigenvalue weighted by Gasteiger charge is -2.59. The van der Waals surface area contributed by atoms with Gasteiger partial charge in [-0.1, -0.05) is 18.2 Å². The molecule has 3 aliphatic heterocycles. The summed E-state index contributed by atoms with van der Waals surface area (Å²) in [5.74, 6) is -21.6. The van der Waals surface area contributed by atoms with Crippen molar-refractivity contribution in [3.05, 3.63) is 64.5 Å². The zero-order chi connectivity index (χ0) is 37.1. The smallest absolute Gasteiger partial charge is 0.356 e. The van der Waals surface area contributed by atoms with Gasteiger partial charge in [0.2, 0.25) is 11.6 Å². The molecule has 2 aromatic rings. The summed E-state index contributed by atoms with van der Waals surface area (Å²) in [5.41, 5.74) is -9.39. The van der Waals surface area contributed by atoms with Crippen molar-refractivity contribution in [2.24, 2.45) is 0 Å². The van der Waals surface area contributed by atoms with E-state index in [0.29, 0.717) is 18.8 Å². The number of anilines is 1. The molecule has 5 rings (SSSR count). The van der Waals surface area contributed by atoms with Crippen molar-refractivity contribution in [2.45, 2.75) is 58.9 Å². The van der Waals surface area contributed by atoms with Crippen LogP contribution in [0.4, 0.5) is 10.1 Å². The third-order valence-electron chi connectivity index (χ3n) is 8.95. The summed E-state index contributed by atoms with van der Waals surface area (Å²) in [4.78, 5) is 37.7.